The summed E-state index contributed by atoms with van der Waals surface area (Å²) < 4.78 is 116. The van der Waals surface area contributed by atoms with Gasteiger partial charge in [0, 0.05) is 37.0 Å². The van der Waals surface area contributed by atoms with E-state index in [0.29, 0.717) is 0 Å². The van der Waals surface area contributed by atoms with E-state index in [0.717, 1.165) is 4.13 Å². The fourth-order valence-corrected chi connectivity index (χ4v) is 30.5. The highest BCUT2D eigenvalue weighted by Gasteiger charge is 2.47. The second-order valence-electron chi connectivity index (χ2n) is 36.1. The third kappa shape index (κ3) is 79.2. The lowest BCUT2D eigenvalue weighted by Crippen LogP contribution is -2.30. The standard InChI is InChI=1S/C96H198NP2.C2F6NO4S2/c1-7-13-19-25-31-37-43-49-55-61-67-73-79-85-91-98(92-86-80-74-68-62-56-50-44-38-32-26-20-14-8-2,93-87-81-75-69-63-57-51-45-39-33-27-21-15-9-3)97-99(94-88-82-76-70-64-58-52-46-40-34-28-22-16-10-4,95-89-83-77-71-65-59-53-47-41-35-29-23-17-11-5)96-90-84-78-72-66-60-54-48-42-36-30-24-18-12-6;3-1(4,5)14(10,11)9-15(12,13)2(6,7)8/h7-96H2,1-6H3;/q+1;-1. The van der Waals surface area contributed by atoms with Crippen molar-refractivity contribution < 1.29 is 43.2 Å². The number of hydrogen-bond donors (Lipinski definition) is 0. The summed E-state index contributed by atoms with van der Waals surface area (Å²) in [6, 6.07) is 0. The summed E-state index contributed by atoms with van der Waals surface area (Å²) in [5.41, 5.74) is -12.4. The maximum Gasteiger partial charge on any atom is 0.480 e. The monoisotopic (exact) mass is 1710 g/mol. The van der Waals surface area contributed by atoms with Crippen molar-refractivity contribution in [3.8, 4) is 0 Å². The first kappa shape index (κ1) is 116. The molecule has 0 atom stereocenters. The molecule has 0 radical (unpaired) electrons. The Morgan fingerprint density at radius 1 is 0.175 bits per heavy atom. The minimum atomic E-state index is -6.72. The van der Waals surface area contributed by atoms with Crippen molar-refractivity contribution in [1.82, 2.24) is 4.17 Å². The van der Waals surface area contributed by atoms with E-state index in [1.54, 1.807) is 37.0 Å². The van der Waals surface area contributed by atoms with Crippen molar-refractivity contribution in [2.24, 2.45) is 0 Å². The van der Waals surface area contributed by atoms with Crippen LogP contribution in [0.1, 0.15) is 581 Å². The molecular formula is C98H198F6N2O4P2S2. The van der Waals surface area contributed by atoms with Crippen molar-refractivity contribution in [2.75, 3.05) is 37.0 Å². The fourth-order valence-electron chi connectivity index (χ4n) is 17.2. The summed E-state index contributed by atoms with van der Waals surface area (Å²) in [5, 5.41) is 0. The van der Waals surface area contributed by atoms with Crippen LogP contribution in [-0.2, 0) is 20.0 Å². The van der Waals surface area contributed by atoms with Crippen LogP contribution in [0.4, 0.5) is 26.3 Å². The van der Waals surface area contributed by atoms with Crippen LogP contribution in [0.2, 0.25) is 0 Å². The van der Waals surface area contributed by atoms with E-state index in [9.17, 15) is 43.2 Å². The van der Waals surface area contributed by atoms with Gasteiger partial charge < -0.3 is 4.13 Å². The number of halogens is 6. The average Bonchev–Trinajstić information content (AvgIpc) is 0.801. The molecule has 0 saturated heterocycles. The molecule has 0 N–H and O–H groups in total. The SMILES string of the molecule is CCCCCCCCCCCCCCCCP(CCCCCCCCCCCCCCCC)(CCCCCCCCCCCCCCCC)=[N+]=P(CCCCCCCCCCCCCCCC)(CCCCCCCCCCCCCCCC)CCCCCCCCCCCCCCCC.O=S(=O)([N-]S(=O)(=O)C(F)(F)F)C(F)(F)F. The third-order valence-corrected chi connectivity index (χ3v) is 37.4. The molecule has 0 fully saturated rings. The summed E-state index contributed by atoms with van der Waals surface area (Å²) >= 11 is 0. The molecule has 0 amide bonds. The Balaban J connectivity index is 0. The molecule has 0 aromatic carbocycles. The van der Waals surface area contributed by atoms with Gasteiger partial charge in [-0.1, -0.05) is 542 Å². The largest absolute Gasteiger partial charge is 0.480 e. The highest BCUT2D eigenvalue weighted by atomic mass is 32.3. The first-order valence-electron chi connectivity index (χ1n) is 51.1. The van der Waals surface area contributed by atoms with Gasteiger partial charge in [0.05, 0.1) is 0 Å². The first-order valence-corrected chi connectivity index (χ1v) is 58.6. The molecule has 16 heteroatoms. The molecule has 114 heavy (non-hydrogen) atoms. The van der Waals surface area contributed by atoms with Crippen LogP contribution in [0.3, 0.4) is 0 Å². The van der Waals surface area contributed by atoms with E-state index in [4.69, 9.17) is 4.17 Å². The Morgan fingerprint density at radius 3 is 0.351 bits per heavy atom. The van der Waals surface area contributed by atoms with Gasteiger partial charge in [0.25, 0.3) is 0 Å². The highest BCUT2D eigenvalue weighted by molar-refractivity contribution is 8.13. The van der Waals surface area contributed by atoms with Gasteiger partial charge in [0.15, 0.2) is 20.0 Å². The molecule has 0 aliphatic heterocycles. The number of rotatable bonds is 92. The zero-order chi connectivity index (χ0) is 84.1. The van der Waals surface area contributed by atoms with Crippen molar-refractivity contribution >= 4 is 34.2 Å². The van der Waals surface area contributed by atoms with Gasteiger partial charge >= 0.3 is 11.0 Å². The van der Waals surface area contributed by atoms with Gasteiger partial charge in [0.2, 0.25) is 14.1 Å². The highest BCUT2D eigenvalue weighted by Crippen LogP contribution is 2.57. The second-order valence-corrected chi connectivity index (χ2v) is 47.3. The van der Waals surface area contributed by atoms with Gasteiger partial charge in [-0.05, 0) is 38.5 Å². The lowest BCUT2D eigenvalue weighted by molar-refractivity contribution is -0.0444. The van der Waals surface area contributed by atoms with Crippen LogP contribution >= 0.6 is 14.1 Å². The van der Waals surface area contributed by atoms with Crippen LogP contribution in [0.25, 0.3) is 4.13 Å². The third-order valence-electron chi connectivity index (χ3n) is 24.7. The maximum absolute atomic E-state index is 11.4. The van der Waals surface area contributed by atoms with E-state index in [1.165, 1.54) is 539 Å². The summed E-state index contributed by atoms with van der Waals surface area (Å²) in [7, 11) is -16.4. The van der Waals surface area contributed by atoms with Crippen LogP contribution < -0.4 is 4.17 Å². The molecule has 0 heterocycles. The topological polar surface area (TPSA) is 96.5 Å². The predicted molar refractivity (Wildman–Crippen MR) is 500 cm³/mol. The molecule has 688 valence electrons. The molecule has 0 saturated carbocycles. The smallest absolute Gasteiger partial charge is 0.421 e. The molecule has 0 aliphatic carbocycles. The lowest BCUT2D eigenvalue weighted by Gasteiger charge is -2.22. The molecule has 0 aliphatic rings. The second kappa shape index (κ2) is 86.5. The molecule has 0 aromatic rings. The van der Waals surface area contributed by atoms with Gasteiger partial charge in [-0.15, -0.1) is 0 Å². The number of nitrogens with zero attached hydrogens (tertiary/aromatic N) is 2. The van der Waals surface area contributed by atoms with Crippen LogP contribution in [-0.4, -0.2) is 64.8 Å². The molecule has 0 spiro atoms. The Kier molecular flexibility index (Phi) is 88.1. The van der Waals surface area contributed by atoms with Gasteiger partial charge in [-0.3, -0.25) is 0 Å². The van der Waals surface area contributed by atoms with E-state index < -0.39 is 45.2 Å². The zero-order valence-electron chi connectivity index (χ0n) is 77.1. The van der Waals surface area contributed by atoms with Crippen LogP contribution in [0, 0.1) is 0 Å². The zero-order valence-corrected chi connectivity index (χ0v) is 80.6. The number of hydrogen-bond acceptors (Lipinski definition) is 4. The van der Waals surface area contributed by atoms with Crippen molar-refractivity contribution in [2.45, 2.75) is 592 Å². The van der Waals surface area contributed by atoms with Crippen molar-refractivity contribution in [3.05, 3.63) is 4.13 Å². The van der Waals surface area contributed by atoms with Crippen molar-refractivity contribution in [1.29, 1.82) is 0 Å². The summed E-state index contributed by atoms with van der Waals surface area (Å²) in [5.74, 6) is 0. The van der Waals surface area contributed by atoms with Crippen molar-refractivity contribution in [3.63, 3.8) is 0 Å². The van der Waals surface area contributed by atoms with E-state index in [1.807, 2.05) is 0 Å². The van der Waals surface area contributed by atoms with Gasteiger partial charge in [-0.25, -0.2) is 16.8 Å². The predicted octanol–water partition coefficient (Wildman–Crippen LogP) is 38.4. The fraction of sp³-hybridized carbons (Fsp3) is 1.00. The molecule has 0 unspecified atom stereocenters. The summed E-state index contributed by atoms with van der Waals surface area (Å²) in [6.07, 6.45) is 133. The Morgan fingerprint density at radius 2 is 0.263 bits per heavy atom. The van der Waals surface area contributed by atoms with E-state index >= 15 is 0 Å². The number of unbranched alkanes of at least 4 members (excludes halogenated alkanes) is 78. The minimum absolute atomic E-state index is 0.778. The van der Waals surface area contributed by atoms with Crippen LogP contribution in [0.15, 0.2) is 0 Å². The normalized spacial score (nSPS) is 12.5. The van der Waals surface area contributed by atoms with E-state index in [-0.39, 0.29) is 0 Å². The van der Waals surface area contributed by atoms with Gasteiger partial charge in [-0.2, -0.15) is 30.5 Å². The maximum atomic E-state index is 11.4. The van der Waals surface area contributed by atoms with Gasteiger partial charge in [0.1, 0.15) is 0 Å². The first-order chi connectivity index (χ1) is 55.3. The molecule has 0 bridgehead atoms. The lowest BCUT2D eigenvalue weighted by atomic mass is 10.0. The molecular weight excluding hydrogens is 1510 g/mol. The molecule has 6 nitrogen and oxygen atoms in total. The van der Waals surface area contributed by atoms with E-state index in [2.05, 4.69) is 41.5 Å². The Bertz CT molecular complexity index is 1980. The Labute approximate surface area is 710 Å². The summed E-state index contributed by atoms with van der Waals surface area (Å²) in [6.45, 7) is 14.1. The molecule has 0 rings (SSSR count). The van der Waals surface area contributed by atoms with Crippen LogP contribution in [0.5, 0.6) is 0 Å². The minimum Gasteiger partial charge on any atom is -0.421 e. The quantitative estimate of drug-likeness (QED) is 0.0262. The Hall–Kier alpha value is 0.0100. The number of alkyl halides is 6. The molecule has 0 aromatic heterocycles. The summed E-state index contributed by atoms with van der Waals surface area (Å²) in [4.78, 5) is 0. The average molecular weight is 1710 g/mol. The number of sulfonamides is 2.